The van der Waals surface area contributed by atoms with Crippen LogP contribution in [0, 0.1) is 17.2 Å². The molecule has 0 aliphatic carbocycles. The van der Waals surface area contributed by atoms with Crippen molar-refractivity contribution in [2.24, 2.45) is 5.92 Å². The lowest BCUT2D eigenvalue weighted by molar-refractivity contribution is -0.137. The molecule has 0 fully saturated rings. The first-order valence-electron chi connectivity index (χ1n) is 7.51. The maximum absolute atomic E-state index is 13.0. The van der Waals surface area contributed by atoms with Crippen molar-refractivity contribution in [1.82, 2.24) is 0 Å². The fourth-order valence-corrected chi connectivity index (χ4v) is 2.17. The molecule has 0 bridgehead atoms. The van der Waals surface area contributed by atoms with Gasteiger partial charge in [0.25, 0.3) is 0 Å². The zero-order valence-corrected chi connectivity index (χ0v) is 14.4. The normalized spacial score (nSPS) is 12.2. The van der Waals surface area contributed by atoms with Gasteiger partial charge < -0.3 is 10.1 Å². The lowest BCUT2D eigenvalue weighted by Crippen LogP contribution is -2.25. The molecule has 0 unspecified atom stereocenters. The van der Waals surface area contributed by atoms with Gasteiger partial charge in [0.2, 0.25) is 5.91 Å². The molecule has 0 heterocycles. The number of hydrogen-bond acceptors (Lipinski definition) is 3. The zero-order chi connectivity index (χ0) is 19.3. The number of benzene rings is 2. The predicted molar refractivity (Wildman–Crippen MR) is 90.9 cm³/mol. The van der Waals surface area contributed by atoms with Crippen molar-refractivity contribution in [1.29, 1.82) is 5.26 Å². The molecule has 4 nitrogen and oxygen atoms in total. The minimum Gasteiger partial charge on any atom is -0.493 e. The van der Waals surface area contributed by atoms with Gasteiger partial charge in [0.05, 0.1) is 29.7 Å². The van der Waals surface area contributed by atoms with E-state index in [1.807, 2.05) is 0 Å². The minimum absolute atomic E-state index is 0.0376. The molecular weight excluding hydrogens is 369 g/mol. The highest BCUT2D eigenvalue weighted by Gasteiger charge is 2.34. The molecule has 0 saturated carbocycles. The maximum atomic E-state index is 13.0. The Balaban J connectivity index is 2.02. The highest BCUT2D eigenvalue weighted by molar-refractivity contribution is 6.30. The summed E-state index contributed by atoms with van der Waals surface area (Å²) in [5, 5.41) is 11.7. The molecule has 0 spiro atoms. The third kappa shape index (κ3) is 5.14. The lowest BCUT2D eigenvalue weighted by atomic mass is 10.1. The van der Waals surface area contributed by atoms with Crippen molar-refractivity contribution >= 4 is 23.2 Å². The molecule has 2 aromatic carbocycles. The Morgan fingerprint density at radius 2 is 1.92 bits per heavy atom. The van der Waals surface area contributed by atoms with Crippen LogP contribution in [0.25, 0.3) is 0 Å². The maximum Gasteiger partial charge on any atom is 0.417 e. The molecule has 0 aliphatic rings. The van der Waals surface area contributed by atoms with Crippen molar-refractivity contribution in [2.75, 3.05) is 11.9 Å². The SMILES string of the molecule is C[C@H](COc1ccc(Cl)cc1)C(=O)Nc1ccc(C#N)c(C(F)(F)F)c1. The van der Waals surface area contributed by atoms with Crippen LogP contribution in [0.2, 0.25) is 5.02 Å². The van der Waals surface area contributed by atoms with E-state index < -0.39 is 29.1 Å². The Bertz CT molecular complexity index is 830. The van der Waals surface area contributed by atoms with E-state index >= 15 is 0 Å². The average Bonchev–Trinajstić information content (AvgIpc) is 2.60. The van der Waals surface area contributed by atoms with Crippen molar-refractivity contribution in [2.45, 2.75) is 13.1 Å². The molecule has 136 valence electrons. The summed E-state index contributed by atoms with van der Waals surface area (Å²) < 4.78 is 44.3. The molecule has 2 rings (SSSR count). The van der Waals surface area contributed by atoms with Gasteiger partial charge in [-0.25, -0.2) is 0 Å². The third-order valence-electron chi connectivity index (χ3n) is 3.47. The Labute approximate surface area is 153 Å². The van der Waals surface area contributed by atoms with Crippen molar-refractivity contribution in [3.05, 3.63) is 58.6 Å². The number of carbonyl (C=O) groups is 1. The van der Waals surface area contributed by atoms with Gasteiger partial charge in [-0.15, -0.1) is 0 Å². The molecule has 0 aromatic heterocycles. The second-order valence-electron chi connectivity index (χ2n) is 5.53. The van der Waals surface area contributed by atoms with Gasteiger partial charge >= 0.3 is 6.18 Å². The number of rotatable bonds is 5. The molecule has 1 atom stereocenters. The number of amides is 1. The molecular formula is C18H14ClF3N2O2. The topological polar surface area (TPSA) is 62.1 Å². The standard InChI is InChI=1S/C18H14ClF3N2O2/c1-11(10-26-15-6-3-13(19)4-7-15)17(25)24-14-5-2-12(9-23)16(8-14)18(20,21)22/h2-8,11H,10H2,1H3,(H,24,25)/t11-/m1/s1. The van der Waals surface area contributed by atoms with Crippen molar-refractivity contribution < 1.29 is 22.7 Å². The fourth-order valence-electron chi connectivity index (χ4n) is 2.05. The molecule has 0 aliphatic heterocycles. The second-order valence-corrected chi connectivity index (χ2v) is 5.96. The third-order valence-corrected chi connectivity index (χ3v) is 3.73. The van der Waals surface area contributed by atoms with E-state index in [1.165, 1.54) is 12.1 Å². The van der Waals surface area contributed by atoms with Crippen LogP contribution in [-0.2, 0) is 11.0 Å². The van der Waals surface area contributed by atoms with Gasteiger partial charge in [-0.1, -0.05) is 18.5 Å². The highest BCUT2D eigenvalue weighted by atomic mass is 35.5. The quantitative estimate of drug-likeness (QED) is 0.801. The number of nitriles is 1. The van der Waals surface area contributed by atoms with Crippen molar-refractivity contribution in [3.63, 3.8) is 0 Å². The summed E-state index contributed by atoms with van der Waals surface area (Å²) >= 11 is 5.76. The van der Waals surface area contributed by atoms with E-state index in [4.69, 9.17) is 21.6 Å². The smallest absolute Gasteiger partial charge is 0.417 e. The van der Waals surface area contributed by atoms with E-state index in [2.05, 4.69) is 5.32 Å². The van der Waals surface area contributed by atoms with Gasteiger partial charge in [0.15, 0.2) is 0 Å². The lowest BCUT2D eigenvalue weighted by Gasteiger charge is -2.15. The van der Waals surface area contributed by atoms with Crippen LogP contribution in [0.1, 0.15) is 18.1 Å². The molecule has 0 radical (unpaired) electrons. The van der Waals surface area contributed by atoms with E-state index in [1.54, 1.807) is 31.2 Å². The number of halogens is 4. The average molecular weight is 383 g/mol. The number of nitrogens with one attached hydrogen (secondary N) is 1. The van der Waals surface area contributed by atoms with Gasteiger partial charge in [0, 0.05) is 10.7 Å². The van der Waals surface area contributed by atoms with Crippen LogP contribution in [0.15, 0.2) is 42.5 Å². The highest BCUT2D eigenvalue weighted by Crippen LogP contribution is 2.33. The largest absolute Gasteiger partial charge is 0.493 e. The first-order chi connectivity index (χ1) is 12.2. The number of ether oxygens (including phenoxy) is 1. The van der Waals surface area contributed by atoms with Gasteiger partial charge in [-0.3, -0.25) is 4.79 Å². The van der Waals surface area contributed by atoms with Crippen LogP contribution in [-0.4, -0.2) is 12.5 Å². The fraction of sp³-hybridized carbons (Fsp3) is 0.222. The Morgan fingerprint density at radius 3 is 2.50 bits per heavy atom. The molecule has 1 N–H and O–H groups in total. The van der Waals surface area contributed by atoms with Gasteiger partial charge in [0.1, 0.15) is 5.75 Å². The van der Waals surface area contributed by atoms with Crippen LogP contribution >= 0.6 is 11.6 Å². The van der Waals surface area contributed by atoms with Crippen LogP contribution < -0.4 is 10.1 Å². The number of nitrogens with zero attached hydrogens (tertiary/aromatic N) is 1. The zero-order valence-electron chi connectivity index (χ0n) is 13.6. The number of alkyl halides is 3. The first-order valence-corrected chi connectivity index (χ1v) is 7.89. The Hall–Kier alpha value is -2.72. The summed E-state index contributed by atoms with van der Waals surface area (Å²) in [6, 6.07) is 11.1. The summed E-state index contributed by atoms with van der Waals surface area (Å²) in [7, 11) is 0. The number of hydrogen-bond donors (Lipinski definition) is 1. The van der Waals surface area contributed by atoms with Crippen LogP contribution in [0.3, 0.4) is 0 Å². The molecule has 26 heavy (non-hydrogen) atoms. The summed E-state index contributed by atoms with van der Waals surface area (Å²) in [4.78, 5) is 12.1. The van der Waals surface area contributed by atoms with E-state index in [-0.39, 0.29) is 12.3 Å². The van der Waals surface area contributed by atoms with Crippen LogP contribution in [0.5, 0.6) is 5.75 Å². The number of anilines is 1. The summed E-state index contributed by atoms with van der Waals surface area (Å²) in [6.07, 6.45) is -4.69. The monoisotopic (exact) mass is 382 g/mol. The molecule has 8 heteroatoms. The Morgan fingerprint density at radius 1 is 1.27 bits per heavy atom. The Kier molecular flexibility index (Phi) is 6.11. The summed E-state index contributed by atoms with van der Waals surface area (Å²) in [6.45, 7) is 1.62. The van der Waals surface area contributed by atoms with Gasteiger partial charge in [-0.05, 0) is 42.5 Å². The van der Waals surface area contributed by atoms with E-state index in [0.29, 0.717) is 10.8 Å². The predicted octanol–water partition coefficient (Wildman–Crippen LogP) is 4.88. The van der Waals surface area contributed by atoms with Crippen LogP contribution in [0.4, 0.5) is 18.9 Å². The summed E-state index contributed by atoms with van der Waals surface area (Å²) in [5.41, 5.74) is -1.64. The van der Waals surface area contributed by atoms with E-state index in [9.17, 15) is 18.0 Å². The number of carbonyl (C=O) groups excluding carboxylic acids is 1. The second kappa shape index (κ2) is 8.11. The van der Waals surface area contributed by atoms with Crippen molar-refractivity contribution in [3.8, 4) is 11.8 Å². The van der Waals surface area contributed by atoms with Gasteiger partial charge in [-0.2, -0.15) is 18.4 Å². The molecule has 1 amide bonds. The molecule has 2 aromatic rings. The van der Waals surface area contributed by atoms with E-state index in [0.717, 1.165) is 12.1 Å². The summed E-state index contributed by atoms with van der Waals surface area (Å²) in [5.74, 6) is -0.598. The molecule has 0 saturated heterocycles. The minimum atomic E-state index is -4.69. The first kappa shape index (κ1) is 19.6.